The molecule has 0 radical (unpaired) electrons. The van der Waals surface area contributed by atoms with Crippen LogP contribution in [0.15, 0.2) is 39.6 Å². The molecule has 3 rings (SSSR count). The summed E-state index contributed by atoms with van der Waals surface area (Å²) in [4.78, 5) is 2.66. The second kappa shape index (κ2) is 5.01. The van der Waals surface area contributed by atoms with Crippen molar-refractivity contribution >= 4 is 44.2 Å². The number of nitrogens with one attached hydrogen (secondary N) is 1. The van der Waals surface area contributed by atoms with Crippen LogP contribution in [-0.4, -0.2) is 18.0 Å². The van der Waals surface area contributed by atoms with E-state index in [4.69, 9.17) is 16.6 Å². The summed E-state index contributed by atoms with van der Waals surface area (Å²) in [5.74, 6) is 0. The zero-order valence-electron chi connectivity index (χ0n) is 9.84. The number of H-pyrrole nitrogens is 1. The SMILES string of the molecule is O=S(=O)([O-])c1cc2oc(=S)[nH]c2c2ccccc12.[Na+]. The predicted molar refractivity (Wildman–Crippen MR) is 66.9 cm³/mol. The van der Waals surface area contributed by atoms with Gasteiger partial charge in [-0.2, -0.15) is 0 Å². The van der Waals surface area contributed by atoms with E-state index >= 15 is 0 Å². The van der Waals surface area contributed by atoms with Gasteiger partial charge in [-0.05, 0) is 12.2 Å². The molecule has 1 heterocycles. The fourth-order valence-electron chi connectivity index (χ4n) is 1.96. The van der Waals surface area contributed by atoms with Gasteiger partial charge in [0.25, 0.3) is 4.84 Å². The van der Waals surface area contributed by atoms with Gasteiger partial charge in [0.2, 0.25) is 0 Å². The van der Waals surface area contributed by atoms with Crippen LogP contribution in [0.1, 0.15) is 0 Å². The molecule has 0 unspecified atom stereocenters. The number of hydrogen-bond acceptors (Lipinski definition) is 5. The van der Waals surface area contributed by atoms with Crippen LogP contribution in [0.5, 0.6) is 0 Å². The standard InChI is InChI=1S/C11H7NO4S2.Na/c13-18(14,15)9-5-8-10(12-11(17)16-8)7-4-2-1-3-6(7)9;/h1-5H,(H,12,17)(H,13,14,15);/q;+1/p-1. The van der Waals surface area contributed by atoms with Crippen LogP contribution in [0.3, 0.4) is 0 Å². The first kappa shape index (κ1) is 14.7. The first-order valence-electron chi connectivity index (χ1n) is 4.97. The molecule has 0 aliphatic carbocycles. The zero-order valence-corrected chi connectivity index (χ0v) is 13.5. The van der Waals surface area contributed by atoms with Crippen molar-refractivity contribution in [3.05, 3.63) is 35.2 Å². The van der Waals surface area contributed by atoms with Crippen molar-refractivity contribution in [1.82, 2.24) is 4.98 Å². The van der Waals surface area contributed by atoms with Gasteiger partial charge in [0, 0.05) is 16.8 Å². The Hall–Kier alpha value is -0.700. The molecule has 0 bridgehead atoms. The molecular weight excluding hydrogens is 297 g/mol. The van der Waals surface area contributed by atoms with Gasteiger partial charge < -0.3 is 14.0 Å². The maximum absolute atomic E-state index is 11.3. The van der Waals surface area contributed by atoms with Crippen molar-refractivity contribution in [1.29, 1.82) is 0 Å². The number of aromatic nitrogens is 1. The van der Waals surface area contributed by atoms with Gasteiger partial charge in [-0.15, -0.1) is 0 Å². The second-order valence-electron chi connectivity index (χ2n) is 3.76. The van der Waals surface area contributed by atoms with Crippen LogP contribution in [0.2, 0.25) is 0 Å². The predicted octanol–water partition coefficient (Wildman–Crippen LogP) is -0.448. The fourth-order valence-corrected chi connectivity index (χ4v) is 2.85. The Kier molecular flexibility index (Phi) is 3.87. The Morgan fingerprint density at radius 2 is 1.84 bits per heavy atom. The van der Waals surface area contributed by atoms with E-state index in [1.54, 1.807) is 24.3 Å². The Bertz CT molecular complexity index is 927. The topological polar surface area (TPSA) is 86.1 Å². The van der Waals surface area contributed by atoms with Crippen LogP contribution in [0, 0.1) is 4.84 Å². The van der Waals surface area contributed by atoms with E-state index in [9.17, 15) is 13.0 Å². The summed E-state index contributed by atoms with van der Waals surface area (Å²) in [7, 11) is -4.57. The molecule has 2 aromatic carbocycles. The van der Waals surface area contributed by atoms with E-state index < -0.39 is 10.1 Å². The van der Waals surface area contributed by atoms with E-state index in [1.165, 1.54) is 6.07 Å². The Balaban J connectivity index is 0.00000133. The van der Waals surface area contributed by atoms with Gasteiger partial charge in [-0.1, -0.05) is 24.3 Å². The quantitative estimate of drug-likeness (QED) is 0.374. The average molecular weight is 303 g/mol. The summed E-state index contributed by atoms with van der Waals surface area (Å²) in [5.41, 5.74) is 0.844. The molecule has 0 spiro atoms. The molecule has 1 N–H and O–H groups in total. The monoisotopic (exact) mass is 303 g/mol. The van der Waals surface area contributed by atoms with Crippen molar-refractivity contribution in [2.45, 2.75) is 4.90 Å². The smallest absolute Gasteiger partial charge is 0.744 e. The van der Waals surface area contributed by atoms with E-state index in [0.717, 1.165) is 0 Å². The van der Waals surface area contributed by atoms with Crippen molar-refractivity contribution in [3.8, 4) is 0 Å². The molecular formula is C11H6NNaO4S2. The maximum atomic E-state index is 11.3. The van der Waals surface area contributed by atoms with Gasteiger partial charge in [-0.3, -0.25) is 0 Å². The van der Waals surface area contributed by atoms with E-state index in [0.29, 0.717) is 16.3 Å². The molecule has 19 heavy (non-hydrogen) atoms. The number of oxazole rings is 1. The number of benzene rings is 2. The number of fused-ring (bicyclic) bond motifs is 3. The fraction of sp³-hybridized carbons (Fsp3) is 0. The van der Waals surface area contributed by atoms with Gasteiger partial charge in [0.15, 0.2) is 5.58 Å². The minimum Gasteiger partial charge on any atom is -0.744 e. The van der Waals surface area contributed by atoms with Gasteiger partial charge in [-0.25, -0.2) is 8.42 Å². The van der Waals surface area contributed by atoms with E-state index in [1.807, 2.05) is 0 Å². The third-order valence-electron chi connectivity index (χ3n) is 2.67. The summed E-state index contributed by atoms with van der Waals surface area (Å²) in [6, 6.07) is 7.88. The van der Waals surface area contributed by atoms with Crippen molar-refractivity contribution in [2.75, 3.05) is 0 Å². The maximum Gasteiger partial charge on any atom is 1.00 e. The summed E-state index contributed by atoms with van der Waals surface area (Å²) >= 11 is 4.86. The van der Waals surface area contributed by atoms with Crippen LogP contribution in [0.4, 0.5) is 0 Å². The molecule has 92 valence electrons. The molecule has 3 aromatic rings. The third kappa shape index (κ3) is 2.49. The molecule has 0 atom stereocenters. The average Bonchev–Trinajstić information content (AvgIpc) is 2.67. The summed E-state index contributed by atoms with van der Waals surface area (Å²) in [6.45, 7) is 0. The molecule has 0 fully saturated rings. The van der Waals surface area contributed by atoms with E-state index in [-0.39, 0.29) is 44.9 Å². The summed E-state index contributed by atoms with van der Waals surface area (Å²) in [5, 5.41) is 0.941. The largest absolute Gasteiger partial charge is 1.00 e. The van der Waals surface area contributed by atoms with Gasteiger partial charge >= 0.3 is 29.6 Å². The third-order valence-corrected chi connectivity index (χ3v) is 3.73. The van der Waals surface area contributed by atoms with E-state index in [2.05, 4.69) is 4.98 Å². The molecule has 0 amide bonds. The molecule has 0 aliphatic rings. The molecule has 0 aliphatic heterocycles. The molecule has 1 aromatic heterocycles. The minimum absolute atomic E-state index is 0. The van der Waals surface area contributed by atoms with Crippen molar-refractivity contribution in [3.63, 3.8) is 0 Å². The minimum atomic E-state index is -4.57. The summed E-state index contributed by atoms with van der Waals surface area (Å²) in [6.07, 6.45) is 0. The van der Waals surface area contributed by atoms with Crippen LogP contribution in [-0.2, 0) is 10.1 Å². The first-order chi connectivity index (χ1) is 8.47. The number of rotatable bonds is 1. The Labute approximate surface area is 135 Å². The van der Waals surface area contributed by atoms with Gasteiger partial charge in [0.1, 0.15) is 10.1 Å². The van der Waals surface area contributed by atoms with Crippen LogP contribution < -0.4 is 29.6 Å². The molecule has 8 heteroatoms. The van der Waals surface area contributed by atoms with Gasteiger partial charge in [0.05, 0.1) is 10.4 Å². The van der Waals surface area contributed by atoms with Crippen LogP contribution in [0.25, 0.3) is 21.9 Å². The first-order valence-corrected chi connectivity index (χ1v) is 6.79. The number of hydrogen-bond donors (Lipinski definition) is 1. The van der Waals surface area contributed by atoms with Crippen molar-refractivity contribution < 1.29 is 46.9 Å². The number of aromatic amines is 1. The molecule has 0 saturated carbocycles. The Morgan fingerprint density at radius 3 is 2.47 bits per heavy atom. The molecule has 5 nitrogen and oxygen atoms in total. The summed E-state index contributed by atoms with van der Waals surface area (Å²) < 4.78 is 39.0. The Morgan fingerprint density at radius 1 is 1.21 bits per heavy atom. The zero-order chi connectivity index (χ0) is 12.9. The van der Waals surface area contributed by atoms with Crippen molar-refractivity contribution in [2.24, 2.45) is 0 Å². The second-order valence-corrected chi connectivity index (χ2v) is 5.48. The molecule has 0 saturated heterocycles. The van der Waals surface area contributed by atoms with Crippen LogP contribution >= 0.6 is 12.2 Å². The normalized spacial score (nSPS) is 11.6.